The lowest BCUT2D eigenvalue weighted by Crippen LogP contribution is -2.40. The van der Waals surface area contributed by atoms with Crippen LogP contribution in [0.1, 0.15) is 40.3 Å². The lowest BCUT2D eigenvalue weighted by molar-refractivity contribution is -0.0626. The summed E-state index contributed by atoms with van der Waals surface area (Å²) in [5, 5.41) is 20.7. The first-order chi connectivity index (χ1) is 20.2. The van der Waals surface area contributed by atoms with Crippen molar-refractivity contribution >= 4 is 43.2 Å². The maximum absolute atomic E-state index is 11.6. The molecule has 1 unspecified atom stereocenters. The van der Waals surface area contributed by atoms with Gasteiger partial charge in [-0.25, -0.2) is 9.65 Å². The lowest BCUT2D eigenvalue weighted by atomic mass is 10.1. The third-order valence-corrected chi connectivity index (χ3v) is 9.55. The molecular weight excluding hydrogens is 579 g/mol. The minimum Gasteiger partial charge on any atom is -0.386 e. The second-order valence-corrected chi connectivity index (χ2v) is 12.8. The highest BCUT2D eigenvalue weighted by Crippen LogP contribution is 2.50. The molecule has 1 aliphatic heterocycles. The Morgan fingerprint density at radius 3 is 2.60 bits per heavy atom. The average Bonchev–Trinajstić information content (AvgIpc) is 3.49. The van der Waals surface area contributed by atoms with Gasteiger partial charge >= 0.3 is 0 Å². The van der Waals surface area contributed by atoms with Crippen LogP contribution < -0.4 is 11.5 Å². The largest absolute Gasteiger partial charge is 0.386 e. The quantitative estimate of drug-likeness (QED) is 0.128. The van der Waals surface area contributed by atoms with Gasteiger partial charge in [0.15, 0.2) is 17.7 Å². The molecule has 1 fully saturated rings. The standard InChI is InChI=1S/C27H39N8O5PS/c1-17(2)35(18(3)4)41(38-12-8-11-28)40-23-20(15-37-13-14-42-19-9-6-5-7-10-19)39-26(22(23)36)34-16-31-21-24(29)32-27(30)33-25(21)34/h5-7,9-10,16-18,20,22-23,26,36H,8,12-15H2,1-4H3,(H4,29,30,32,33)/t20-,22-,23-,26-,41?/m1/s1. The molecule has 3 aromatic rings. The first kappa shape index (κ1) is 32.3. The van der Waals surface area contributed by atoms with E-state index in [2.05, 4.69) is 37.8 Å². The van der Waals surface area contributed by atoms with Gasteiger partial charge in [-0.1, -0.05) is 18.2 Å². The Kier molecular flexibility index (Phi) is 11.7. The molecule has 0 spiro atoms. The molecule has 0 saturated carbocycles. The first-order valence-electron chi connectivity index (χ1n) is 13.8. The molecule has 1 aliphatic rings. The van der Waals surface area contributed by atoms with Gasteiger partial charge in [0.05, 0.1) is 38.6 Å². The van der Waals surface area contributed by atoms with Crippen LogP contribution in [-0.4, -0.2) is 85.3 Å². The van der Waals surface area contributed by atoms with Gasteiger partial charge in [0.2, 0.25) is 5.95 Å². The van der Waals surface area contributed by atoms with Gasteiger partial charge in [-0.05, 0) is 39.8 Å². The summed E-state index contributed by atoms with van der Waals surface area (Å²) < 4.78 is 28.7. The van der Waals surface area contributed by atoms with Crippen LogP contribution in [0.2, 0.25) is 0 Å². The Bertz CT molecular complexity index is 1320. The summed E-state index contributed by atoms with van der Waals surface area (Å²) in [6.07, 6.45) is -1.82. The molecule has 5 atom stereocenters. The minimum atomic E-state index is -1.66. The monoisotopic (exact) mass is 618 g/mol. The van der Waals surface area contributed by atoms with Crippen molar-refractivity contribution in [1.29, 1.82) is 5.26 Å². The number of benzene rings is 1. The summed E-state index contributed by atoms with van der Waals surface area (Å²) in [6.45, 7) is 9.04. The fraction of sp³-hybridized carbons (Fsp3) is 0.556. The Labute approximate surface area is 251 Å². The molecule has 0 aliphatic carbocycles. The molecule has 228 valence electrons. The number of nitrogens with zero attached hydrogens (tertiary/aromatic N) is 6. The number of nitriles is 1. The highest BCUT2D eigenvalue weighted by atomic mass is 32.2. The number of nitrogen functional groups attached to an aromatic ring is 2. The molecule has 0 bridgehead atoms. The van der Waals surface area contributed by atoms with Crippen molar-refractivity contribution in [2.24, 2.45) is 0 Å². The molecular formula is C27H39N8O5PS. The van der Waals surface area contributed by atoms with Crippen LogP contribution >= 0.6 is 20.3 Å². The third-order valence-electron chi connectivity index (χ3n) is 6.45. The van der Waals surface area contributed by atoms with E-state index in [-0.39, 0.29) is 43.5 Å². The summed E-state index contributed by atoms with van der Waals surface area (Å²) >= 11 is 1.69. The molecule has 15 heteroatoms. The van der Waals surface area contributed by atoms with E-state index in [0.29, 0.717) is 17.8 Å². The van der Waals surface area contributed by atoms with E-state index >= 15 is 0 Å². The van der Waals surface area contributed by atoms with E-state index in [1.165, 1.54) is 6.33 Å². The van der Waals surface area contributed by atoms with Crippen molar-refractivity contribution in [3.05, 3.63) is 36.7 Å². The summed E-state index contributed by atoms with van der Waals surface area (Å²) in [5.74, 6) is 0.858. The number of anilines is 2. The summed E-state index contributed by atoms with van der Waals surface area (Å²) in [4.78, 5) is 13.7. The maximum atomic E-state index is 11.6. The van der Waals surface area contributed by atoms with Gasteiger partial charge in [-0.2, -0.15) is 15.2 Å². The fourth-order valence-electron chi connectivity index (χ4n) is 4.69. The second kappa shape index (κ2) is 15.2. The second-order valence-electron chi connectivity index (χ2n) is 10.2. The van der Waals surface area contributed by atoms with Crippen LogP contribution in [0, 0.1) is 11.3 Å². The molecule has 5 N–H and O–H groups in total. The molecule has 1 saturated heterocycles. The van der Waals surface area contributed by atoms with Crippen molar-refractivity contribution < 1.29 is 23.6 Å². The van der Waals surface area contributed by atoms with E-state index in [1.807, 2.05) is 45.9 Å². The van der Waals surface area contributed by atoms with Gasteiger partial charge in [0, 0.05) is 22.7 Å². The molecule has 13 nitrogen and oxygen atoms in total. The topological polar surface area (TPSA) is 180 Å². The van der Waals surface area contributed by atoms with Gasteiger partial charge in [-0.3, -0.25) is 4.57 Å². The Morgan fingerprint density at radius 2 is 1.90 bits per heavy atom. The molecule has 3 heterocycles. The zero-order valence-electron chi connectivity index (χ0n) is 24.2. The van der Waals surface area contributed by atoms with Gasteiger partial charge in [0.25, 0.3) is 8.53 Å². The number of thioether (sulfide) groups is 1. The van der Waals surface area contributed by atoms with Crippen LogP contribution in [0.5, 0.6) is 0 Å². The molecule has 4 rings (SSSR count). The third kappa shape index (κ3) is 7.86. The van der Waals surface area contributed by atoms with Crippen LogP contribution in [0.3, 0.4) is 0 Å². The van der Waals surface area contributed by atoms with Crippen molar-refractivity contribution in [1.82, 2.24) is 24.2 Å². The number of hydrogen-bond acceptors (Lipinski definition) is 13. The number of fused-ring (bicyclic) bond motifs is 1. The van der Waals surface area contributed by atoms with E-state index in [4.69, 9.17) is 35.3 Å². The van der Waals surface area contributed by atoms with E-state index in [9.17, 15) is 5.11 Å². The Balaban J connectivity index is 1.55. The zero-order chi connectivity index (χ0) is 30.2. The zero-order valence-corrected chi connectivity index (χ0v) is 25.9. The van der Waals surface area contributed by atoms with Gasteiger partial charge < -0.3 is 35.1 Å². The Morgan fingerprint density at radius 1 is 1.17 bits per heavy atom. The Hall–Kier alpha value is -2.60. The lowest BCUT2D eigenvalue weighted by Gasteiger charge is -2.37. The SMILES string of the molecule is CC(C)N(C(C)C)P(OCCC#N)O[C@H]1[C@@H](O)[C@H](n2cnc3c(N)nc(N)nc32)O[C@@H]1COCCSc1ccccc1. The molecule has 0 amide bonds. The number of hydrogen-bond donors (Lipinski definition) is 3. The van der Waals surface area contributed by atoms with Crippen molar-refractivity contribution in [2.45, 2.75) is 75.6 Å². The maximum Gasteiger partial charge on any atom is 0.259 e. The predicted molar refractivity (Wildman–Crippen MR) is 162 cm³/mol. The van der Waals surface area contributed by atoms with Crippen LogP contribution in [0.15, 0.2) is 41.6 Å². The van der Waals surface area contributed by atoms with E-state index < -0.39 is 33.1 Å². The van der Waals surface area contributed by atoms with E-state index in [0.717, 1.165) is 10.6 Å². The summed E-state index contributed by atoms with van der Waals surface area (Å²) in [6, 6.07) is 12.4. The number of nitrogens with two attached hydrogens (primary N) is 2. The highest BCUT2D eigenvalue weighted by Gasteiger charge is 2.48. The predicted octanol–water partition coefficient (Wildman–Crippen LogP) is 3.72. The first-order valence-corrected chi connectivity index (χ1v) is 15.9. The van der Waals surface area contributed by atoms with Crippen LogP contribution in [-0.2, 0) is 18.5 Å². The summed E-state index contributed by atoms with van der Waals surface area (Å²) in [5.41, 5.74) is 12.5. The fourth-order valence-corrected chi connectivity index (χ4v) is 7.25. The molecule has 2 aromatic heterocycles. The number of aromatic nitrogens is 4. The highest BCUT2D eigenvalue weighted by molar-refractivity contribution is 7.99. The minimum absolute atomic E-state index is 0.0169. The smallest absolute Gasteiger partial charge is 0.259 e. The number of aliphatic hydroxyl groups is 1. The van der Waals surface area contributed by atoms with Crippen molar-refractivity contribution in [3.63, 3.8) is 0 Å². The number of rotatable bonds is 15. The van der Waals surface area contributed by atoms with E-state index in [1.54, 1.807) is 16.3 Å². The van der Waals surface area contributed by atoms with Crippen molar-refractivity contribution in [2.75, 3.05) is 37.0 Å². The molecule has 0 radical (unpaired) electrons. The van der Waals surface area contributed by atoms with Crippen molar-refractivity contribution in [3.8, 4) is 6.07 Å². The molecule has 42 heavy (non-hydrogen) atoms. The number of ether oxygens (including phenoxy) is 2. The van der Waals surface area contributed by atoms with Crippen LogP contribution in [0.4, 0.5) is 11.8 Å². The molecule has 1 aromatic carbocycles. The van der Waals surface area contributed by atoms with Crippen LogP contribution in [0.25, 0.3) is 11.2 Å². The van der Waals surface area contributed by atoms with Gasteiger partial charge in [-0.15, -0.1) is 11.8 Å². The van der Waals surface area contributed by atoms with Gasteiger partial charge in [0.1, 0.15) is 23.8 Å². The number of aliphatic hydroxyl groups excluding tert-OH is 1. The normalized spacial score (nSPS) is 21.5. The summed E-state index contributed by atoms with van der Waals surface area (Å²) in [7, 11) is -1.66. The average molecular weight is 619 g/mol. The number of imidazole rings is 1.